The fourth-order valence-electron chi connectivity index (χ4n) is 2.66. The van der Waals surface area contributed by atoms with Gasteiger partial charge in [-0.1, -0.05) is 11.6 Å². The summed E-state index contributed by atoms with van der Waals surface area (Å²) in [4.78, 5) is 2.05. The summed E-state index contributed by atoms with van der Waals surface area (Å²) in [6.07, 6.45) is -5.00. The Morgan fingerprint density at radius 1 is 1.22 bits per heavy atom. The number of hydrogen-bond acceptors (Lipinski definition) is 3. The van der Waals surface area contributed by atoms with E-state index in [1.165, 1.54) is 0 Å². The first-order valence-corrected chi connectivity index (χ1v) is 7.31. The van der Waals surface area contributed by atoms with Crippen LogP contribution in [0.15, 0.2) is 18.2 Å². The second-order valence-corrected chi connectivity index (χ2v) is 5.67. The molecule has 1 aliphatic heterocycles. The number of nitrogens with two attached hydrogens (primary N) is 1. The van der Waals surface area contributed by atoms with E-state index in [1.54, 1.807) is 18.2 Å². The summed E-state index contributed by atoms with van der Waals surface area (Å²) in [7, 11) is 0. The van der Waals surface area contributed by atoms with Crippen LogP contribution in [0, 0.1) is 0 Å². The van der Waals surface area contributed by atoms with Gasteiger partial charge in [-0.15, -0.1) is 24.8 Å². The van der Waals surface area contributed by atoms with Gasteiger partial charge in [-0.05, 0) is 30.2 Å². The smallest absolute Gasteiger partial charge is 0.389 e. The summed E-state index contributed by atoms with van der Waals surface area (Å²) < 4.78 is 37.8. The van der Waals surface area contributed by atoms with E-state index in [-0.39, 0.29) is 37.3 Å². The van der Waals surface area contributed by atoms with Gasteiger partial charge in [-0.3, -0.25) is 4.90 Å². The van der Waals surface area contributed by atoms with Crippen molar-refractivity contribution in [1.29, 1.82) is 0 Å². The Morgan fingerprint density at radius 2 is 1.83 bits per heavy atom. The third-order valence-corrected chi connectivity index (χ3v) is 3.94. The summed E-state index contributed by atoms with van der Waals surface area (Å²) in [6.45, 7) is 2.94. The standard InChI is InChI=1S/C14H19ClF3N3.2ClH/c15-10-1-2-12(19)11(9-10)13(3-4-14(16,17)18)21-7-5-20-6-8-21;;/h1-2,9,13,20H,3-8,19H2;2*1H/t13-;;/m1../s1. The molecule has 23 heavy (non-hydrogen) atoms. The predicted octanol–water partition coefficient (Wildman–Crippen LogP) is 4.05. The fourth-order valence-corrected chi connectivity index (χ4v) is 2.84. The van der Waals surface area contributed by atoms with Crippen molar-refractivity contribution in [2.45, 2.75) is 25.1 Å². The molecular weight excluding hydrogens is 374 g/mol. The van der Waals surface area contributed by atoms with Gasteiger partial charge in [0.2, 0.25) is 0 Å². The largest absolute Gasteiger partial charge is 0.398 e. The number of anilines is 1. The van der Waals surface area contributed by atoms with Crippen LogP contribution in [0.5, 0.6) is 0 Å². The van der Waals surface area contributed by atoms with E-state index >= 15 is 0 Å². The predicted molar refractivity (Wildman–Crippen MR) is 92.8 cm³/mol. The highest BCUT2D eigenvalue weighted by Gasteiger charge is 2.32. The number of hydrogen-bond donors (Lipinski definition) is 2. The monoisotopic (exact) mass is 393 g/mol. The number of benzene rings is 1. The summed E-state index contributed by atoms with van der Waals surface area (Å²) >= 11 is 5.98. The number of alkyl halides is 3. The molecule has 2 rings (SSSR count). The first-order valence-electron chi connectivity index (χ1n) is 6.93. The normalized spacial score (nSPS) is 17.0. The van der Waals surface area contributed by atoms with Crippen molar-refractivity contribution in [3.8, 4) is 0 Å². The number of rotatable bonds is 4. The summed E-state index contributed by atoms with van der Waals surface area (Å²) in [5.41, 5.74) is 7.13. The molecule has 1 aromatic rings. The van der Waals surface area contributed by atoms with Crippen LogP contribution in [0.25, 0.3) is 0 Å². The first kappa shape index (κ1) is 22.6. The van der Waals surface area contributed by atoms with Crippen LogP contribution in [0.3, 0.4) is 0 Å². The third kappa shape index (κ3) is 6.93. The zero-order valence-electron chi connectivity index (χ0n) is 12.4. The van der Waals surface area contributed by atoms with Crippen molar-refractivity contribution in [2.24, 2.45) is 0 Å². The van der Waals surface area contributed by atoms with E-state index in [4.69, 9.17) is 17.3 Å². The molecule has 1 fully saturated rings. The van der Waals surface area contributed by atoms with Gasteiger partial charge in [-0.2, -0.15) is 13.2 Å². The lowest BCUT2D eigenvalue weighted by Gasteiger charge is -2.36. The molecule has 0 unspecified atom stereocenters. The van der Waals surface area contributed by atoms with Crippen molar-refractivity contribution in [2.75, 3.05) is 31.9 Å². The third-order valence-electron chi connectivity index (χ3n) is 3.70. The fraction of sp³-hybridized carbons (Fsp3) is 0.571. The van der Waals surface area contributed by atoms with Gasteiger partial charge in [-0.25, -0.2) is 0 Å². The molecule has 9 heteroatoms. The van der Waals surface area contributed by atoms with Crippen LogP contribution in [0.2, 0.25) is 5.02 Å². The van der Waals surface area contributed by atoms with Gasteiger partial charge in [0, 0.05) is 49.4 Å². The molecule has 0 aromatic heterocycles. The Bertz CT molecular complexity index is 480. The Balaban J connectivity index is 0.00000242. The van der Waals surface area contributed by atoms with Crippen LogP contribution in [0.1, 0.15) is 24.4 Å². The van der Waals surface area contributed by atoms with E-state index in [1.807, 2.05) is 4.90 Å². The molecule has 1 saturated heterocycles. The SMILES string of the molecule is Cl.Cl.Nc1ccc(Cl)cc1[C@@H](CCC(F)(F)F)N1CCNCC1. The Labute approximate surface area is 151 Å². The number of nitrogens with zero attached hydrogens (tertiary/aromatic N) is 1. The Kier molecular flexibility index (Phi) is 9.62. The summed E-state index contributed by atoms with van der Waals surface area (Å²) in [5, 5.41) is 3.69. The topological polar surface area (TPSA) is 41.3 Å². The first-order chi connectivity index (χ1) is 9.87. The van der Waals surface area contributed by atoms with Crippen molar-refractivity contribution in [1.82, 2.24) is 10.2 Å². The molecule has 0 radical (unpaired) electrons. The van der Waals surface area contributed by atoms with Gasteiger partial charge in [0.25, 0.3) is 0 Å². The molecule has 0 aliphatic carbocycles. The van der Waals surface area contributed by atoms with Gasteiger partial charge in [0.15, 0.2) is 0 Å². The van der Waals surface area contributed by atoms with Crippen LogP contribution in [-0.2, 0) is 0 Å². The van der Waals surface area contributed by atoms with Crippen molar-refractivity contribution < 1.29 is 13.2 Å². The molecule has 1 aliphatic rings. The molecule has 1 atom stereocenters. The lowest BCUT2D eigenvalue weighted by atomic mass is 9.97. The average Bonchev–Trinajstić information content (AvgIpc) is 2.43. The van der Waals surface area contributed by atoms with Crippen LogP contribution in [0.4, 0.5) is 18.9 Å². The van der Waals surface area contributed by atoms with E-state index < -0.39 is 12.6 Å². The maximum Gasteiger partial charge on any atom is 0.389 e. The maximum atomic E-state index is 12.6. The van der Waals surface area contributed by atoms with Crippen LogP contribution < -0.4 is 11.1 Å². The number of piperazine rings is 1. The molecule has 0 saturated carbocycles. The van der Waals surface area contributed by atoms with Gasteiger partial charge in [0.1, 0.15) is 0 Å². The number of halogens is 6. The zero-order valence-corrected chi connectivity index (χ0v) is 14.8. The second kappa shape index (κ2) is 9.79. The zero-order chi connectivity index (χ0) is 15.5. The van der Waals surface area contributed by atoms with E-state index in [0.29, 0.717) is 29.4 Å². The minimum absolute atomic E-state index is 0. The summed E-state index contributed by atoms with van der Waals surface area (Å²) in [6, 6.07) is 4.63. The molecule has 3 nitrogen and oxygen atoms in total. The molecular formula is C14H21Cl3F3N3. The molecule has 1 aromatic carbocycles. The van der Waals surface area contributed by atoms with Crippen molar-refractivity contribution >= 4 is 42.1 Å². The van der Waals surface area contributed by atoms with Crippen molar-refractivity contribution in [3.05, 3.63) is 28.8 Å². The highest BCUT2D eigenvalue weighted by Crippen LogP contribution is 2.35. The summed E-state index contributed by atoms with van der Waals surface area (Å²) in [5.74, 6) is 0. The highest BCUT2D eigenvalue weighted by atomic mass is 35.5. The van der Waals surface area contributed by atoms with Gasteiger partial charge in [0.05, 0.1) is 0 Å². The minimum Gasteiger partial charge on any atom is -0.398 e. The van der Waals surface area contributed by atoms with Crippen molar-refractivity contribution in [3.63, 3.8) is 0 Å². The molecule has 3 N–H and O–H groups in total. The Hall–Kier alpha value is -0.400. The van der Waals surface area contributed by atoms with Crippen LogP contribution >= 0.6 is 36.4 Å². The average molecular weight is 395 g/mol. The van der Waals surface area contributed by atoms with Crippen LogP contribution in [-0.4, -0.2) is 37.3 Å². The Morgan fingerprint density at radius 3 is 2.39 bits per heavy atom. The molecule has 0 spiro atoms. The molecule has 1 heterocycles. The van der Waals surface area contributed by atoms with Gasteiger partial charge < -0.3 is 11.1 Å². The maximum absolute atomic E-state index is 12.6. The second-order valence-electron chi connectivity index (χ2n) is 5.23. The molecule has 134 valence electrons. The lowest BCUT2D eigenvalue weighted by molar-refractivity contribution is -0.138. The van der Waals surface area contributed by atoms with E-state index in [0.717, 1.165) is 13.1 Å². The quantitative estimate of drug-likeness (QED) is 0.757. The molecule has 0 amide bonds. The van der Waals surface area contributed by atoms with E-state index in [9.17, 15) is 13.2 Å². The minimum atomic E-state index is -4.17. The number of nitrogens with one attached hydrogen (secondary N) is 1. The van der Waals surface area contributed by atoms with E-state index in [2.05, 4.69) is 5.32 Å². The van der Waals surface area contributed by atoms with Gasteiger partial charge >= 0.3 is 6.18 Å². The molecule has 0 bridgehead atoms. The lowest BCUT2D eigenvalue weighted by Crippen LogP contribution is -2.45. The number of nitrogen functional groups attached to an aromatic ring is 1. The highest BCUT2D eigenvalue weighted by molar-refractivity contribution is 6.30.